The smallest absolute Gasteiger partial charge is 0.403 e. The molecule has 0 radical (unpaired) electrons. The van der Waals surface area contributed by atoms with Gasteiger partial charge in [0, 0.05) is 35.1 Å². The number of rotatable bonds is 4. The Labute approximate surface area is 134 Å². The summed E-state index contributed by atoms with van der Waals surface area (Å²) in [7, 11) is 0. The van der Waals surface area contributed by atoms with Crippen LogP contribution in [-0.2, 0) is 0 Å². The second-order valence-electron chi connectivity index (χ2n) is 5.28. The van der Waals surface area contributed by atoms with Crippen molar-refractivity contribution in [2.45, 2.75) is 6.04 Å². The molecule has 1 atom stereocenters. The van der Waals surface area contributed by atoms with Crippen LogP contribution in [0.4, 0.5) is 10.3 Å². The summed E-state index contributed by atoms with van der Waals surface area (Å²) in [6, 6.07) is 6.77. The van der Waals surface area contributed by atoms with Crippen LogP contribution in [0, 0.1) is 15.9 Å². The highest BCUT2D eigenvalue weighted by molar-refractivity contribution is 5.84. The van der Waals surface area contributed by atoms with Gasteiger partial charge in [0.25, 0.3) is 0 Å². The molecule has 7 nitrogen and oxygen atoms in total. The molecule has 0 aliphatic rings. The molecular formula is C16H11FN4O3. The highest BCUT2D eigenvalue weighted by Crippen LogP contribution is 2.34. The van der Waals surface area contributed by atoms with Gasteiger partial charge in [-0.3, -0.25) is 10.1 Å². The van der Waals surface area contributed by atoms with Gasteiger partial charge in [0.15, 0.2) is 0 Å². The normalized spacial score (nSPS) is 12.5. The van der Waals surface area contributed by atoms with Gasteiger partial charge in [-0.1, -0.05) is 0 Å². The molecule has 0 spiro atoms. The Bertz CT molecular complexity index is 1020. The number of furan rings is 1. The van der Waals surface area contributed by atoms with E-state index < -0.39 is 11.0 Å². The van der Waals surface area contributed by atoms with E-state index in [9.17, 15) is 14.5 Å². The number of aromatic amines is 1. The molecule has 3 aromatic heterocycles. The SMILES string of the molecule is O=[N+]([O-])c1ccc(C(c2c[nH]c3ccc(F)cc23)n2ccnc2)o1. The molecule has 3 heterocycles. The molecule has 0 saturated carbocycles. The van der Waals surface area contributed by atoms with Crippen molar-refractivity contribution in [2.24, 2.45) is 0 Å². The van der Waals surface area contributed by atoms with Crippen LogP contribution < -0.4 is 0 Å². The van der Waals surface area contributed by atoms with Crippen LogP contribution in [0.1, 0.15) is 17.4 Å². The minimum Gasteiger partial charge on any atom is -0.403 e. The first-order valence-corrected chi connectivity index (χ1v) is 7.11. The maximum absolute atomic E-state index is 13.7. The molecule has 0 bridgehead atoms. The Morgan fingerprint density at radius 3 is 2.92 bits per heavy atom. The molecule has 4 aromatic rings. The van der Waals surface area contributed by atoms with E-state index in [4.69, 9.17) is 4.42 Å². The standard InChI is InChI=1S/C16H11FN4O3/c17-10-1-2-13-11(7-10)12(8-19-13)16(20-6-5-18-9-20)14-3-4-15(24-14)21(22)23/h1-9,16,19H. The van der Waals surface area contributed by atoms with E-state index in [1.54, 1.807) is 41.6 Å². The molecule has 120 valence electrons. The van der Waals surface area contributed by atoms with Gasteiger partial charge in [-0.05, 0) is 24.3 Å². The Morgan fingerprint density at radius 1 is 1.33 bits per heavy atom. The maximum Gasteiger partial charge on any atom is 0.433 e. The van der Waals surface area contributed by atoms with Crippen molar-refractivity contribution in [3.05, 3.63) is 82.5 Å². The topological polar surface area (TPSA) is 89.9 Å². The maximum atomic E-state index is 13.7. The van der Waals surface area contributed by atoms with Crippen molar-refractivity contribution in [1.82, 2.24) is 14.5 Å². The van der Waals surface area contributed by atoms with Crippen molar-refractivity contribution >= 4 is 16.8 Å². The molecular weight excluding hydrogens is 315 g/mol. The van der Waals surface area contributed by atoms with E-state index in [1.165, 1.54) is 18.2 Å². The Morgan fingerprint density at radius 2 is 2.21 bits per heavy atom. The zero-order valence-corrected chi connectivity index (χ0v) is 12.2. The molecule has 0 fully saturated rings. The molecule has 4 rings (SSSR count). The number of hydrogen-bond donors (Lipinski definition) is 1. The van der Waals surface area contributed by atoms with Crippen LogP contribution in [0.5, 0.6) is 0 Å². The Hall–Kier alpha value is -3.42. The zero-order valence-electron chi connectivity index (χ0n) is 12.2. The summed E-state index contributed by atoms with van der Waals surface area (Å²) in [5.41, 5.74) is 1.49. The van der Waals surface area contributed by atoms with E-state index in [-0.39, 0.29) is 11.7 Å². The minimum absolute atomic E-state index is 0.346. The number of aromatic nitrogens is 3. The largest absolute Gasteiger partial charge is 0.433 e. The second-order valence-corrected chi connectivity index (χ2v) is 5.28. The lowest BCUT2D eigenvalue weighted by atomic mass is 10.0. The van der Waals surface area contributed by atoms with E-state index in [2.05, 4.69) is 9.97 Å². The zero-order chi connectivity index (χ0) is 16.7. The van der Waals surface area contributed by atoms with Crippen LogP contribution in [0.2, 0.25) is 0 Å². The van der Waals surface area contributed by atoms with Crippen LogP contribution in [-0.4, -0.2) is 19.5 Å². The number of nitrogens with one attached hydrogen (secondary N) is 1. The summed E-state index contributed by atoms with van der Waals surface area (Å²) in [5.74, 6) is -0.343. The fraction of sp³-hybridized carbons (Fsp3) is 0.0625. The number of fused-ring (bicyclic) bond motifs is 1. The first-order chi connectivity index (χ1) is 11.6. The number of imidazole rings is 1. The van der Waals surface area contributed by atoms with Crippen LogP contribution in [0.15, 0.2) is 59.7 Å². The third-order valence-corrected chi connectivity index (χ3v) is 3.86. The summed E-state index contributed by atoms with van der Waals surface area (Å²) in [5, 5.41) is 11.6. The van der Waals surface area contributed by atoms with Crippen molar-refractivity contribution in [3.8, 4) is 0 Å². The van der Waals surface area contributed by atoms with Crippen molar-refractivity contribution in [3.63, 3.8) is 0 Å². The van der Waals surface area contributed by atoms with Gasteiger partial charge in [0.1, 0.15) is 22.5 Å². The minimum atomic E-state index is -0.594. The molecule has 24 heavy (non-hydrogen) atoms. The number of hydrogen-bond acceptors (Lipinski definition) is 4. The first kappa shape index (κ1) is 14.2. The van der Waals surface area contributed by atoms with E-state index in [1.807, 2.05) is 0 Å². The molecule has 1 N–H and O–H groups in total. The summed E-state index contributed by atoms with van der Waals surface area (Å²) in [4.78, 5) is 17.4. The molecule has 0 aliphatic carbocycles. The van der Waals surface area contributed by atoms with Gasteiger partial charge in [-0.25, -0.2) is 9.37 Å². The van der Waals surface area contributed by atoms with Crippen molar-refractivity contribution < 1.29 is 13.7 Å². The summed E-state index contributed by atoms with van der Waals surface area (Å²) in [6.45, 7) is 0. The number of halogens is 1. The quantitative estimate of drug-likeness (QED) is 0.458. The van der Waals surface area contributed by atoms with Crippen LogP contribution in [0.25, 0.3) is 10.9 Å². The Balaban J connectivity index is 1.92. The average Bonchev–Trinajstić information content (AvgIpc) is 3.29. The summed E-state index contributed by atoms with van der Waals surface area (Å²) < 4.78 is 20.8. The van der Waals surface area contributed by atoms with Gasteiger partial charge in [-0.2, -0.15) is 0 Å². The Kier molecular flexibility index (Phi) is 3.16. The first-order valence-electron chi connectivity index (χ1n) is 7.11. The molecule has 0 aliphatic heterocycles. The highest BCUT2D eigenvalue weighted by Gasteiger charge is 2.25. The predicted molar refractivity (Wildman–Crippen MR) is 83.1 cm³/mol. The summed E-state index contributed by atoms with van der Waals surface area (Å²) in [6.07, 6.45) is 6.64. The highest BCUT2D eigenvalue weighted by atomic mass is 19.1. The fourth-order valence-corrected chi connectivity index (χ4v) is 2.81. The molecule has 0 saturated heterocycles. The monoisotopic (exact) mass is 326 g/mol. The summed E-state index contributed by atoms with van der Waals surface area (Å²) >= 11 is 0. The fourth-order valence-electron chi connectivity index (χ4n) is 2.81. The van der Waals surface area contributed by atoms with Crippen molar-refractivity contribution in [1.29, 1.82) is 0 Å². The lowest BCUT2D eigenvalue weighted by Gasteiger charge is -2.15. The van der Waals surface area contributed by atoms with Crippen molar-refractivity contribution in [2.75, 3.05) is 0 Å². The third kappa shape index (κ3) is 2.24. The van der Waals surface area contributed by atoms with Gasteiger partial charge in [-0.15, -0.1) is 0 Å². The van der Waals surface area contributed by atoms with Gasteiger partial charge in [0.05, 0.1) is 12.4 Å². The number of benzene rings is 1. The van der Waals surface area contributed by atoms with E-state index in [0.717, 1.165) is 11.1 Å². The van der Waals surface area contributed by atoms with E-state index in [0.29, 0.717) is 11.1 Å². The molecule has 1 unspecified atom stereocenters. The van der Waals surface area contributed by atoms with Gasteiger partial charge < -0.3 is 14.0 Å². The number of nitrogens with zero attached hydrogens (tertiary/aromatic N) is 3. The lowest BCUT2D eigenvalue weighted by molar-refractivity contribution is -0.402. The average molecular weight is 326 g/mol. The molecule has 0 amide bonds. The van der Waals surface area contributed by atoms with Crippen LogP contribution in [0.3, 0.4) is 0 Å². The lowest BCUT2D eigenvalue weighted by Crippen LogP contribution is -2.09. The van der Waals surface area contributed by atoms with Gasteiger partial charge >= 0.3 is 5.88 Å². The van der Waals surface area contributed by atoms with Gasteiger partial charge in [0.2, 0.25) is 0 Å². The molecule has 8 heteroatoms. The molecule has 1 aromatic carbocycles. The number of H-pyrrole nitrogens is 1. The van der Waals surface area contributed by atoms with E-state index >= 15 is 0 Å². The van der Waals surface area contributed by atoms with Crippen LogP contribution >= 0.6 is 0 Å². The predicted octanol–water partition coefficient (Wildman–Crippen LogP) is 3.64. The third-order valence-electron chi connectivity index (χ3n) is 3.86. The second kappa shape index (κ2) is 5.34. The number of nitro groups is 1.